The lowest BCUT2D eigenvalue weighted by molar-refractivity contribution is 0.276. The van der Waals surface area contributed by atoms with Gasteiger partial charge in [-0.15, -0.1) is 0 Å². The second-order valence-electron chi connectivity index (χ2n) is 4.76. The molecule has 1 fully saturated rings. The zero-order valence-electron chi connectivity index (χ0n) is 10.6. The molecule has 1 heterocycles. The predicted molar refractivity (Wildman–Crippen MR) is 75.1 cm³/mol. The van der Waals surface area contributed by atoms with Gasteiger partial charge in [-0.1, -0.05) is 26.0 Å². The Morgan fingerprint density at radius 2 is 2.12 bits per heavy atom. The maximum absolute atomic E-state index is 5.80. The molecule has 0 bridgehead atoms. The van der Waals surface area contributed by atoms with E-state index in [0.29, 0.717) is 12.0 Å². The fraction of sp³-hybridized carbons (Fsp3) is 0.571. The summed E-state index contributed by atoms with van der Waals surface area (Å²) in [5, 5.41) is 3.47. The zero-order valence-corrected chi connectivity index (χ0v) is 11.4. The first kappa shape index (κ1) is 12.8. The molecule has 1 atom stereocenters. The lowest BCUT2D eigenvalue weighted by Gasteiger charge is -2.23. The van der Waals surface area contributed by atoms with Crippen LogP contribution in [-0.2, 0) is 0 Å². The number of thioether (sulfide) groups is 1. The van der Waals surface area contributed by atoms with Crippen molar-refractivity contribution in [3.63, 3.8) is 0 Å². The molecule has 1 aromatic rings. The van der Waals surface area contributed by atoms with E-state index in [1.54, 1.807) is 0 Å². The fourth-order valence-electron chi connectivity index (χ4n) is 1.87. The molecule has 1 aliphatic heterocycles. The van der Waals surface area contributed by atoms with Crippen LogP contribution in [0, 0.1) is 0 Å². The van der Waals surface area contributed by atoms with Gasteiger partial charge in [-0.05, 0) is 23.6 Å². The second kappa shape index (κ2) is 6.31. The van der Waals surface area contributed by atoms with Gasteiger partial charge in [0, 0.05) is 18.1 Å². The number of nitrogens with one attached hydrogen (secondary N) is 1. The van der Waals surface area contributed by atoms with Gasteiger partial charge >= 0.3 is 0 Å². The van der Waals surface area contributed by atoms with Crippen molar-refractivity contribution in [2.45, 2.75) is 25.8 Å². The Morgan fingerprint density at radius 1 is 1.35 bits per heavy atom. The number of ether oxygens (including phenoxy) is 1. The normalized spacial score (nSPS) is 20.5. The van der Waals surface area contributed by atoms with E-state index < -0.39 is 0 Å². The topological polar surface area (TPSA) is 21.3 Å². The quantitative estimate of drug-likeness (QED) is 0.889. The molecule has 1 aliphatic rings. The number of benzene rings is 1. The average Bonchev–Trinajstić information content (AvgIpc) is 2.38. The molecule has 2 nitrogen and oxygen atoms in total. The molecular formula is C14H21NOS. The molecular weight excluding hydrogens is 230 g/mol. The minimum absolute atomic E-state index is 0.499. The van der Waals surface area contributed by atoms with Gasteiger partial charge in [0.05, 0.1) is 6.04 Å². The van der Waals surface area contributed by atoms with Crippen molar-refractivity contribution in [3.8, 4) is 5.75 Å². The van der Waals surface area contributed by atoms with Gasteiger partial charge in [-0.3, -0.25) is 0 Å². The summed E-state index contributed by atoms with van der Waals surface area (Å²) in [7, 11) is 0. The standard InChI is InChI=1S/C14H21NOS/c1-11(2)12-3-5-14(6-4-12)16-9-13-10-17-8-7-15-13/h3-6,11,13,15H,7-10H2,1-2H3. The van der Waals surface area contributed by atoms with Crippen molar-refractivity contribution < 1.29 is 4.74 Å². The van der Waals surface area contributed by atoms with Crippen LogP contribution in [0.5, 0.6) is 5.75 Å². The van der Waals surface area contributed by atoms with Gasteiger partial charge < -0.3 is 10.1 Å². The maximum atomic E-state index is 5.80. The fourth-order valence-corrected chi connectivity index (χ4v) is 2.80. The van der Waals surface area contributed by atoms with E-state index in [2.05, 4.69) is 43.4 Å². The maximum Gasteiger partial charge on any atom is 0.119 e. The van der Waals surface area contributed by atoms with Crippen LogP contribution in [0.1, 0.15) is 25.3 Å². The van der Waals surface area contributed by atoms with Gasteiger partial charge in [0.2, 0.25) is 0 Å². The lowest BCUT2D eigenvalue weighted by Crippen LogP contribution is -2.41. The largest absolute Gasteiger partial charge is 0.492 e. The molecule has 17 heavy (non-hydrogen) atoms. The molecule has 0 saturated carbocycles. The Kier molecular flexibility index (Phi) is 4.75. The first-order valence-corrected chi connectivity index (χ1v) is 7.45. The van der Waals surface area contributed by atoms with E-state index in [1.165, 1.54) is 11.3 Å². The van der Waals surface area contributed by atoms with Gasteiger partial charge in [0.15, 0.2) is 0 Å². The zero-order chi connectivity index (χ0) is 12.1. The molecule has 1 N–H and O–H groups in total. The Hall–Kier alpha value is -0.670. The van der Waals surface area contributed by atoms with E-state index in [9.17, 15) is 0 Å². The molecule has 0 aromatic heterocycles. The highest BCUT2D eigenvalue weighted by Crippen LogP contribution is 2.19. The van der Waals surface area contributed by atoms with Crippen molar-refractivity contribution in [3.05, 3.63) is 29.8 Å². The highest BCUT2D eigenvalue weighted by Gasteiger charge is 2.13. The van der Waals surface area contributed by atoms with Gasteiger partial charge in [-0.2, -0.15) is 11.8 Å². The monoisotopic (exact) mass is 251 g/mol. The van der Waals surface area contributed by atoms with Crippen LogP contribution in [-0.4, -0.2) is 30.7 Å². The molecule has 0 spiro atoms. The predicted octanol–water partition coefficient (Wildman–Crippen LogP) is 2.89. The molecule has 1 saturated heterocycles. The Morgan fingerprint density at radius 3 is 2.71 bits per heavy atom. The van der Waals surface area contributed by atoms with Crippen LogP contribution in [0.4, 0.5) is 0 Å². The van der Waals surface area contributed by atoms with E-state index in [0.717, 1.165) is 24.7 Å². The third-order valence-corrected chi connectivity index (χ3v) is 4.13. The molecule has 0 amide bonds. The van der Waals surface area contributed by atoms with Crippen LogP contribution in [0.25, 0.3) is 0 Å². The van der Waals surface area contributed by atoms with E-state index in [1.807, 2.05) is 11.8 Å². The van der Waals surface area contributed by atoms with Gasteiger partial charge in [-0.25, -0.2) is 0 Å². The summed E-state index contributed by atoms with van der Waals surface area (Å²) in [5.41, 5.74) is 1.36. The van der Waals surface area contributed by atoms with E-state index in [4.69, 9.17) is 4.74 Å². The molecule has 1 unspecified atom stereocenters. The van der Waals surface area contributed by atoms with Crippen molar-refractivity contribution in [2.24, 2.45) is 0 Å². The average molecular weight is 251 g/mol. The van der Waals surface area contributed by atoms with Crippen molar-refractivity contribution >= 4 is 11.8 Å². The summed E-state index contributed by atoms with van der Waals surface area (Å²) < 4.78 is 5.80. The van der Waals surface area contributed by atoms with Gasteiger partial charge in [0.1, 0.15) is 12.4 Å². The highest BCUT2D eigenvalue weighted by molar-refractivity contribution is 7.99. The first-order chi connectivity index (χ1) is 8.25. The Labute approximate surface area is 108 Å². The summed E-state index contributed by atoms with van der Waals surface area (Å²) in [6, 6.07) is 8.96. The molecule has 2 rings (SSSR count). The summed E-state index contributed by atoms with van der Waals surface area (Å²) in [6.45, 7) is 6.29. The second-order valence-corrected chi connectivity index (χ2v) is 5.91. The molecule has 0 aliphatic carbocycles. The molecule has 1 aromatic carbocycles. The number of rotatable bonds is 4. The smallest absolute Gasteiger partial charge is 0.119 e. The molecule has 94 valence electrons. The Balaban J connectivity index is 1.82. The minimum atomic E-state index is 0.499. The van der Waals surface area contributed by atoms with Crippen LogP contribution < -0.4 is 10.1 Å². The van der Waals surface area contributed by atoms with Crippen LogP contribution in [0.2, 0.25) is 0 Å². The summed E-state index contributed by atoms with van der Waals surface area (Å²) >= 11 is 2.00. The van der Waals surface area contributed by atoms with Crippen LogP contribution in [0.15, 0.2) is 24.3 Å². The lowest BCUT2D eigenvalue weighted by atomic mass is 10.0. The third kappa shape index (κ3) is 3.93. The summed E-state index contributed by atoms with van der Waals surface area (Å²) in [6.07, 6.45) is 0. The Bertz CT molecular complexity index is 331. The van der Waals surface area contributed by atoms with Crippen LogP contribution >= 0.6 is 11.8 Å². The van der Waals surface area contributed by atoms with E-state index in [-0.39, 0.29) is 0 Å². The molecule has 3 heteroatoms. The van der Waals surface area contributed by atoms with Crippen LogP contribution in [0.3, 0.4) is 0 Å². The van der Waals surface area contributed by atoms with E-state index >= 15 is 0 Å². The van der Waals surface area contributed by atoms with Gasteiger partial charge in [0.25, 0.3) is 0 Å². The highest BCUT2D eigenvalue weighted by atomic mass is 32.2. The SMILES string of the molecule is CC(C)c1ccc(OCC2CSCCN2)cc1. The summed E-state index contributed by atoms with van der Waals surface area (Å²) in [5.74, 6) is 3.94. The van der Waals surface area contributed by atoms with Crippen molar-refractivity contribution in [1.29, 1.82) is 0 Å². The summed E-state index contributed by atoms with van der Waals surface area (Å²) in [4.78, 5) is 0. The number of hydrogen-bond acceptors (Lipinski definition) is 3. The first-order valence-electron chi connectivity index (χ1n) is 6.29. The minimum Gasteiger partial charge on any atom is -0.492 e. The van der Waals surface area contributed by atoms with Crippen molar-refractivity contribution in [1.82, 2.24) is 5.32 Å². The number of hydrogen-bond donors (Lipinski definition) is 1. The molecule has 0 radical (unpaired) electrons. The van der Waals surface area contributed by atoms with Crippen molar-refractivity contribution in [2.75, 3.05) is 24.7 Å². The third-order valence-electron chi connectivity index (χ3n) is 3.00.